The van der Waals surface area contributed by atoms with Crippen molar-refractivity contribution < 1.29 is 9.18 Å². The lowest BCUT2D eigenvalue weighted by Gasteiger charge is -2.05. The van der Waals surface area contributed by atoms with Crippen molar-refractivity contribution in [1.82, 2.24) is 19.9 Å². The lowest BCUT2D eigenvalue weighted by atomic mass is 10.2. The molecule has 0 aliphatic heterocycles. The summed E-state index contributed by atoms with van der Waals surface area (Å²) in [5.41, 5.74) is 1.09. The minimum Gasteiger partial charge on any atom is -0.348 e. The highest BCUT2D eigenvalue weighted by Crippen LogP contribution is 2.09. The molecule has 3 aromatic rings. The zero-order chi connectivity index (χ0) is 15.7. The van der Waals surface area contributed by atoms with Gasteiger partial charge in [0, 0.05) is 30.1 Å². The number of carbonyl (C=O) groups excluding carboxylic acids is 1. The van der Waals surface area contributed by atoms with Gasteiger partial charge in [0.25, 0.3) is 11.5 Å². The van der Waals surface area contributed by atoms with Gasteiger partial charge in [0.2, 0.25) is 0 Å². The van der Waals surface area contributed by atoms with Gasteiger partial charge in [-0.2, -0.15) is 0 Å². The highest BCUT2D eigenvalue weighted by atomic mass is 19.1. The number of nitrogens with one attached hydrogen (secondary N) is 2. The molecule has 2 heterocycles. The van der Waals surface area contributed by atoms with Gasteiger partial charge in [-0.3, -0.25) is 14.7 Å². The lowest BCUT2D eigenvalue weighted by Crippen LogP contribution is -2.24. The molecule has 0 aliphatic rings. The highest BCUT2D eigenvalue weighted by molar-refractivity contribution is 5.99. The van der Waals surface area contributed by atoms with E-state index in [9.17, 15) is 14.0 Å². The summed E-state index contributed by atoms with van der Waals surface area (Å²) < 4.78 is 14.7. The fourth-order valence-electron chi connectivity index (χ4n) is 2.18. The van der Waals surface area contributed by atoms with Gasteiger partial charge in [-0.05, 0) is 13.0 Å². The first-order chi connectivity index (χ1) is 10.6. The summed E-state index contributed by atoms with van der Waals surface area (Å²) in [5, 5.41) is 5.30. The zero-order valence-electron chi connectivity index (χ0n) is 11.8. The molecule has 0 unspecified atom stereocenters. The maximum absolute atomic E-state index is 13.5. The molecule has 3 rings (SSSR count). The molecule has 7 heteroatoms. The number of amides is 1. The Balaban J connectivity index is 1.87. The van der Waals surface area contributed by atoms with Gasteiger partial charge in [0.05, 0.1) is 0 Å². The number of rotatable bonds is 3. The first-order valence-electron chi connectivity index (χ1n) is 6.65. The van der Waals surface area contributed by atoms with Crippen LogP contribution in [-0.2, 0) is 6.54 Å². The predicted molar refractivity (Wildman–Crippen MR) is 78.1 cm³/mol. The topological polar surface area (TPSA) is 79.3 Å². The van der Waals surface area contributed by atoms with E-state index >= 15 is 0 Å². The smallest absolute Gasteiger partial charge is 0.272 e. The summed E-state index contributed by atoms with van der Waals surface area (Å²) in [6.45, 7) is 1.73. The van der Waals surface area contributed by atoms with Gasteiger partial charge in [-0.15, -0.1) is 0 Å². The van der Waals surface area contributed by atoms with Crippen LogP contribution in [0, 0.1) is 12.7 Å². The Kier molecular flexibility index (Phi) is 3.46. The molecule has 1 amide bonds. The van der Waals surface area contributed by atoms with Crippen molar-refractivity contribution in [3.05, 3.63) is 69.5 Å². The van der Waals surface area contributed by atoms with E-state index in [1.54, 1.807) is 25.1 Å². The molecule has 1 aromatic carbocycles. The number of aromatic amines is 1. The highest BCUT2D eigenvalue weighted by Gasteiger charge is 2.15. The number of fused-ring (bicyclic) bond motifs is 1. The van der Waals surface area contributed by atoms with Crippen LogP contribution in [0.15, 0.2) is 41.3 Å². The number of H-pyrrole nitrogens is 1. The second kappa shape index (κ2) is 5.44. The number of carbonyl (C=O) groups is 1. The van der Waals surface area contributed by atoms with E-state index in [1.807, 2.05) is 0 Å². The van der Waals surface area contributed by atoms with Gasteiger partial charge < -0.3 is 5.32 Å². The first-order valence-corrected chi connectivity index (χ1v) is 6.65. The van der Waals surface area contributed by atoms with Crippen molar-refractivity contribution >= 4 is 11.6 Å². The van der Waals surface area contributed by atoms with Crippen LogP contribution in [0.25, 0.3) is 5.65 Å². The van der Waals surface area contributed by atoms with Gasteiger partial charge in [-0.1, -0.05) is 18.2 Å². The Hall–Kier alpha value is -2.96. The van der Waals surface area contributed by atoms with Crippen molar-refractivity contribution in [2.24, 2.45) is 0 Å². The van der Waals surface area contributed by atoms with Crippen molar-refractivity contribution in [2.45, 2.75) is 13.5 Å². The second-order valence-corrected chi connectivity index (χ2v) is 4.86. The Labute approximate surface area is 124 Å². The molecule has 0 fully saturated rings. The zero-order valence-corrected chi connectivity index (χ0v) is 11.8. The van der Waals surface area contributed by atoms with Crippen LogP contribution in [0.1, 0.15) is 21.6 Å². The van der Waals surface area contributed by atoms with Crippen LogP contribution in [0.3, 0.4) is 0 Å². The Morgan fingerprint density at radius 3 is 2.95 bits per heavy atom. The van der Waals surface area contributed by atoms with E-state index in [4.69, 9.17) is 0 Å². The fraction of sp³-hybridized carbons (Fsp3) is 0.133. The van der Waals surface area contributed by atoms with Gasteiger partial charge in [-0.25, -0.2) is 13.9 Å². The van der Waals surface area contributed by atoms with Crippen molar-refractivity contribution in [3.8, 4) is 0 Å². The first kappa shape index (κ1) is 14.0. The molecular weight excluding hydrogens is 287 g/mol. The van der Waals surface area contributed by atoms with Gasteiger partial charge in [0.15, 0.2) is 5.65 Å². The monoisotopic (exact) mass is 300 g/mol. The number of nitrogens with zero attached hydrogens (tertiary/aromatic N) is 2. The van der Waals surface area contributed by atoms with Crippen LogP contribution in [0.4, 0.5) is 4.39 Å². The number of hydrogen-bond acceptors (Lipinski definition) is 3. The molecule has 0 saturated heterocycles. The third kappa shape index (κ3) is 2.48. The molecule has 2 aromatic heterocycles. The van der Waals surface area contributed by atoms with Crippen LogP contribution < -0.4 is 10.9 Å². The Morgan fingerprint density at radius 2 is 2.18 bits per heavy atom. The molecule has 0 aliphatic carbocycles. The Morgan fingerprint density at radius 1 is 1.41 bits per heavy atom. The van der Waals surface area contributed by atoms with Crippen LogP contribution >= 0.6 is 0 Å². The van der Waals surface area contributed by atoms with Gasteiger partial charge >= 0.3 is 0 Å². The SMILES string of the molecule is Cc1cc(=O)n2[nH]cc(C(=O)NCc3ccccc3F)c2n1. The quantitative estimate of drug-likeness (QED) is 0.767. The molecule has 2 N–H and O–H groups in total. The summed E-state index contributed by atoms with van der Waals surface area (Å²) in [6, 6.07) is 7.57. The number of hydrogen-bond donors (Lipinski definition) is 2. The summed E-state index contributed by atoms with van der Waals surface area (Å²) in [5.74, 6) is -0.814. The molecule has 0 bridgehead atoms. The van der Waals surface area contributed by atoms with E-state index in [0.29, 0.717) is 11.3 Å². The van der Waals surface area contributed by atoms with E-state index in [2.05, 4.69) is 15.4 Å². The van der Waals surface area contributed by atoms with Gasteiger partial charge in [0.1, 0.15) is 11.4 Å². The standard InChI is InChI=1S/C15H13FN4O2/c1-9-6-13(21)20-14(19-9)11(8-18-20)15(22)17-7-10-4-2-3-5-12(10)16/h2-6,8,18H,7H2,1H3,(H,17,22). The van der Waals surface area contributed by atoms with E-state index < -0.39 is 5.91 Å². The van der Waals surface area contributed by atoms with Crippen LogP contribution in [0.2, 0.25) is 0 Å². The van der Waals surface area contributed by atoms with Crippen LogP contribution in [-0.4, -0.2) is 20.5 Å². The number of benzene rings is 1. The molecule has 112 valence electrons. The minimum absolute atomic E-state index is 0.0545. The molecule has 0 saturated carbocycles. The van der Waals surface area contributed by atoms with E-state index in [1.165, 1.54) is 22.8 Å². The maximum Gasteiger partial charge on any atom is 0.272 e. The summed E-state index contributed by atoms with van der Waals surface area (Å²) in [6.07, 6.45) is 1.40. The lowest BCUT2D eigenvalue weighted by molar-refractivity contribution is 0.0952. The van der Waals surface area contributed by atoms with E-state index in [0.717, 1.165) is 0 Å². The summed E-state index contributed by atoms with van der Waals surface area (Å²) in [7, 11) is 0. The normalized spacial score (nSPS) is 10.8. The third-order valence-corrected chi connectivity index (χ3v) is 3.27. The summed E-state index contributed by atoms with van der Waals surface area (Å²) in [4.78, 5) is 28.2. The summed E-state index contributed by atoms with van der Waals surface area (Å²) >= 11 is 0. The average molecular weight is 300 g/mol. The number of aromatic nitrogens is 3. The van der Waals surface area contributed by atoms with Crippen molar-refractivity contribution in [2.75, 3.05) is 0 Å². The predicted octanol–water partition coefficient (Wildman–Crippen LogP) is 1.40. The van der Waals surface area contributed by atoms with Crippen LogP contribution in [0.5, 0.6) is 0 Å². The molecular formula is C15H13FN4O2. The maximum atomic E-state index is 13.5. The largest absolute Gasteiger partial charge is 0.348 e. The minimum atomic E-state index is -0.431. The molecule has 0 atom stereocenters. The number of aryl methyl sites for hydroxylation is 1. The number of halogens is 1. The molecule has 6 nitrogen and oxygen atoms in total. The Bertz CT molecular complexity index is 913. The second-order valence-electron chi connectivity index (χ2n) is 4.86. The van der Waals surface area contributed by atoms with Crippen molar-refractivity contribution in [3.63, 3.8) is 0 Å². The average Bonchev–Trinajstić information content (AvgIpc) is 2.90. The third-order valence-electron chi connectivity index (χ3n) is 3.27. The molecule has 0 radical (unpaired) electrons. The van der Waals surface area contributed by atoms with E-state index in [-0.39, 0.29) is 29.1 Å². The molecule has 22 heavy (non-hydrogen) atoms. The van der Waals surface area contributed by atoms with Crippen molar-refractivity contribution in [1.29, 1.82) is 0 Å². The fourth-order valence-corrected chi connectivity index (χ4v) is 2.18. The molecule has 0 spiro atoms.